The zero-order chi connectivity index (χ0) is 11.8. The summed E-state index contributed by atoms with van der Waals surface area (Å²) in [5.41, 5.74) is 0. The van der Waals surface area contributed by atoms with Crippen LogP contribution in [-0.4, -0.2) is 11.2 Å². The van der Waals surface area contributed by atoms with Crippen molar-refractivity contribution in [3.63, 3.8) is 0 Å². The lowest BCUT2D eigenvalue weighted by Crippen LogP contribution is -2.33. The smallest absolute Gasteiger partial charge is 0.245 e. The van der Waals surface area contributed by atoms with Gasteiger partial charge in [-0.25, -0.2) is 9.13 Å². The van der Waals surface area contributed by atoms with Gasteiger partial charge in [-0.2, -0.15) is 0 Å². The van der Waals surface area contributed by atoms with Crippen LogP contribution in [-0.2, 0) is 18.0 Å². The number of unbranched alkanes of at least 4 members (excludes halogenated alkanes) is 1. The Labute approximate surface area is 99.0 Å². The van der Waals surface area contributed by atoms with Crippen LogP contribution in [0.1, 0.15) is 40.0 Å². The zero-order valence-electron chi connectivity index (χ0n) is 10.9. The van der Waals surface area contributed by atoms with Gasteiger partial charge in [0.15, 0.2) is 6.73 Å². The first-order chi connectivity index (χ1) is 7.76. The van der Waals surface area contributed by atoms with Crippen LogP contribution < -0.4 is 4.57 Å². The Morgan fingerprint density at radius 3 is 2.88 bits per heavy atom. The predicted molar refractivity (Wildman–Crippen MR) is 64.9 cm³/mol. The van der Waals surface area contributed by atoms with Gasteiger partial charge in [-0.1, -0.05) is 33.6 Å². The van der Waals surface area contributed by atoms with E-state index in [1.54, 1.807) is 0 Å². The van der Waals surface area contributed by atoms with Crippen molar-refractivity contribution in [3.8, 4) is 0 Å². The highest BCUT2D eigenvalue weighted by Crippen LogP contribution is 2.00. The molecule has 1 rings (SSSR count). The summed E-state index contributed by atoms with van der Waals surface area (Å²) >= 11 is 0. The molecule has 3 heteroatoms. The van der Waals surface area contributed by atoms with Crippen LogP contribution >= 0.6 is 0 Å². The first-order valence-electron chi connectivity index (χ1n) is 6.38. The molecule has 0 radical (unpaired) electrons. The molecule has 0 fully saturated rings. The number of imidazole rings is 1. The van der Waals surface area contributed by atoms with Crippen molar-refractivity contribution in [3.05, 3.63) is 18.7 Å². The lowest BCUT2D eigenvalue weighted by molar-refractivity contribution is -0.732. The maximum absolute atomic E-state index is 5.64. The van der Waals surface area contributed by atoms with Gasteiger partial charge in [-0.05, 0) is 12.3 Å². The van der Waals surface area contributed by atoms with E-state index in [1.807, 2.05) is 0 Å². The van der Waals surface area contributed by atoms with Gasteiger partial charge in [-0.15, -0.1) is 0 Å². The van der Waals surface area contributed by atoms with Gasteiger partial charge in [0.25, 0.3) is 0 Å². The van der Waals surface area contributed by atoms with Gasteiger partial charge >= 0.3 is 0 Å². The molecule has 0 bridgehead atoms. The first-order valence-corrected chi connectivity index (χ1v) is 6.38. The number of rotatable bonds is 8. The van der Waals surface area contributed by atoms with Crippen LogP contribution in [0.3, 0.4) is 0 Å². The largest absolute Gasteiger partial charge is 0.341 e. The van der Waals surface area contributed by atoms with Crippen LogP contribution in [0.2, 0.25) is 0 Å². The van der Waals surface area contributed by atoms with E-state index in [2.05, 4.69) is 48.6 Å². The van der Waals surface area contributed by atoms with Crippen LogP contribution in [0.15, 0.2) is 18.7 Å². The maximum atomic E-state index is 5.64. The number of ether oxygens (including phenoxy) is 1. The molecule has 0 N–H and O–H groups in total. The zero-order valence-corrected chi connectivity index (χ0v) is 10.9. The summed E-state index contributed by atoms with van der Waals surface area (Å²) < 4.78 is 9.95. The molecule has 16 heavy (non-hydrogen) atoms. The third kappa shape index (κ3) is 4.79. The highest BCUT2D eigenvalue weighted by atomic mass is 16.5. The minimum atomic E-state index is 0.655. The second-order valence-corrected chi connectivity index (χ2v) is 4.53. The first kappa shape index (κ1) is 13.2. The SMILES string of the molecule is CCCCn1cc[n+](COC[C@@H](C)CC)c1. The molecule has 1 aromatic heterocycles. The Hall–Kier alpha value is -0.830. The highest BCUT2D eigenvalue weighted by Gasteiger charge is 2.04. The van der Waals surface area contributed by atoms with E-state index in [0.29, 0.717) is 12.6 Å². The molecule has 0 spiro atoms. The van der Waals surface area contributed by atoms with Gasteiger partial charge in [0.1, 0.15) is 12.4 Å². The van der Waals surface area contributed by atoms with Crippen LogP contribution in [0.4, 0.5) is 0 Å². The highest BCUT2D eigenvalue weighted by molar-refractivity contribution is 4.65. The van der Waals surface area contributed by atoms with Crippen molar-refractivity contribution >= 4 is 0 Å². The summed E-state index contributed by atoms with van der Waals surface area (Å²) in [6.45, 7) is 9.26. The third-order valence-corrected chi connectivity index (χ3v) is 2.86. The van der Waals surface area contributed by atoms with E-state index in [9.17, 15) is 0 Å². The van der Waals surface area contributed by atoms with E-state index >= 15 is 0 Å². The van der Waals surface area contributed by atoms with Crippen LogP contribution in [0.5, 0.6) is 0 Å². The molecule has 0 aliphatic carbocycles. The Bertz CT molecular complexity index is 283. The van der Waals surface area contributed by atoms with Crippen molar-refractivity contribution < 1.29 is 9.30 Å². The van der Waals surface area contributed by atoms with Crippen molar-refractivity contribution in [2.45, 2.75) is 53.3 Å². The van der Waals surface area contributed by atoms with Gasteiger partial charge in [-0.3, -0.25) is 0 Å². The molecule has 0 unspecified atom stereocenters. The number of aryl methyl sites for hydroxylation is 1. The summed E-state index contributed by atoms with van der Waals surface area (Å²) in [4.78, 5) is 0. The molecule has 0 amide bonds. The second-order valence-electron chi connectivity index (χ2n) is 4.53. The Balaban J connectivity index is 2.23. The standard InChI is InChI=1S/C13H25N2O/c1-4-6-7-14-8-9-15(11-14)12-16-10-13(3)5-2/h8-9,11,13H,4-7,10,12H2,1-3H3/q+1/t13-/m0/s1. The van der Waals surface area contributed by atoms with E-state index in [0.717, 1.165) is 13.2 Å². The molecule has 0 saturated heterocycles. The Kier molecular flexibility index (Phi) is 6.16. The molecule has 0 saturated carbocycles. The monoisotopic (exact) mass is 225 g/mol. The quantitative estimate of drug-likeness (QED) is 0.622. The number of hydrogen-bond donors (Lipinski definition) is 0. The molecule has 1 aromatic rings. The fraction of sp³-hybridized carbons (Fsp3) is 0.769. The summed E-state index contributed by atoms with van der Waals surface area (Å²) in [6.07, 6.45) is 9.97. The van der Waals surface area contributed by atoms with Gasteiger partial charge < -0.3 is 4.74 Å². The summed E-state index contributed by atoms with van der Waals surface area (Å²) in [5, 5.41) is 0. The van der Waals surface area contributed by atoms with Crippen LogP contribution in [0, 0.1) is 5.92 Å². The number of hydrogen-bond acceptors (Lipinski definition) is 1. The lowest BCUT2D eigenvalue weighted by Gasteiger charge is -2.06. The van der Waals surface area contributed by atoms with E-state index < -0.39 is 0 Å². The van der Waals surface area contributed by atoms with Crippen molar-refractivity contribution in [1.29, 1.82) is 0 Å². The number of aromatic nitrogens is 2. The fourth-order valence-corrected chi connectivity index (χ4v) is 1.47. The normalized spacial score (nSPS) is 12.9. The summed E-state index contributed by atoms with van der Waals surface area (Å²) in [5.74, 6) is 0.655. The van der Waals surface area contributed by atoms with E-state index in [-0.39, 0.29) is 0 Å². The predicted octanol–water partition coefficient (Wildman–Crippen LogP) is 2.60. The molecule has 0 aliphatic heterocycles. The van der Waals surface area contributed by atoms with Gasteiger partial charge in [0.05, 0.1) is 13.2 Å². The van der Waals surface area contributed by atoms with Crippen molar-refractivity contribution in [2.75, 3.05) is 6.61 Å². The Morgan fingerprint density at radius 1 is 1.38 bits per heavy atom. The minimum absolute atomic E-state index is 0.655. The summed E-state index contributed by atoms with van der Waals surface area (Å²) in [6, 6.07) is 0. The molecular weight excluding hydrogens is 200 g/mol. The third-order valence-electron chi connectivity index (χ3n) is 2.86. The maximum Gasteiger partial charge on any atom is 0.245 e. The molecule has 92 valence electrons. The van der Waals surface area contributed by atoms with Gasteiger partial charge in [0, 0.05) is 0 Å². The second kappa shape index (κ2) is 7.44. The average Bonchev–Trinajstić information content (AvgIpc) is 2.74. The molecular formula is C13H25N2O+. The molecule has 1 atom stereocenters. The van der Waals surface area contributed by atoms with Crippen LogP contribution in [0.25, 0.3) is 0 Å². The molecule has 0 aliphatic rings. The topological polar surface area (TPSA) is 18.0 Å². The lowest BCUT2D eigenvalue weighted by atomic mass is 10.1. The Morgan fingerprint density at radius 2 is 2.19 bits per heavy atom. The minimum Gasteiger partial charge on any atom is -0.341 e. The van der Waals surface area contributed by atoms with Crippen molar-refractivity contribution in [2.24, 2.45) is 5.92 Å². The molecule has 0 aromatic carbocycles. The number of nitrogens with zero attached hydrogens (tertiary/aromatic N) is 2. The van der Waals surface area contributed by atoms with E-state index in [4.69, 9.17) is 4.74 Å². The average molecular weight is 225 g/mol. The van der Waals surface area contributed by atoms with E-state index in [1.165, 1.54) is 19.3 Å². The van der Waals surface area contributed by atoms with Crippen molar-refractivity contribution in [1.82, 2.24) is 4.57 Å². The molecule has 3 nitrogen and oxygen atoms in total. The fourth-order valence-electron chi connectivity index (χ4n) is 1.47. The van der Waals surface area contributed by atoms with Gasteiger partial charge in [0.2, 0.25) is 6.33 Å². The summed E-state index contributed by atoms with van der Waals surface area (Å²) in [7, 11) is 0. The molecule has 1 heterocycles.